The lowest BCUT2D eigenvalue weighted by Gasteiger charge is -2.31. The Balaban J connectivity index is 2.04. The molecule has 1 fully saturated rings. The van der Waals surface area contributed by atoms with Crippen LogP contribution in [0.15, 0.2) is 6.20 Å². The molecule has 0 atom stereocenters. The second kappa shape index (κ2) is 2.84. The number of rotatable bonds is 2. The van der Waals surface area contributed by atoms with E-state index in [0.29, 0.717) is 17.8 Å². The van der Waals surface area contributed by atoms with Crippen molar-refractivity contribution in [1.82, 2.24) is 15.0 Å². The molecule has 0 saturated heterocycles. The van der Waals surface area contributed by atoms with Gasteiger partial charge in [0.2, 0.25) is 0 Å². The zero-order valence-electron chi connectivity index (χ0n) is 6.72. The summed E-state index contributed by atoms with van der Waals surface area (Å²) < 4.78 is 1.79. The highest BCUT2D eigenvalue weighted by Crippen LogP contribution is 2.29. The van der Waals surface area contributed by atoms with Crippen LogP contribution < -0.4 is 5.73 Å². The second-order valence-electron chi connectivity index (χ2n) is 3.23. The van der Waals surface area contributed by atoms with Crippen molar-refractivity contribution < 1.29 is 5.11 Å². The fourth-order valence-corrected chi connectivity index (χ4v) is 1.41. The normalized spacial score (nSPS) is 28.5. The Morgan fingerprint density at radius 1 is 1.67 bits per heavy atom. The fraction of sp³-hybridized carbons (Fsp3) is 0.714. The Kier molecular flexibility index (Phi) is 1.82. The maximum atomic E-state index is 8.73. The predicted octanol–water partition coefficient (Wildman–Crippen LogP) is -0.567. The molecular weight excluding hydrogens is 156 g/mol. The van der Waals surface area contributed by atoms with Crippen LogP contribution >= 0.6 is 0 Å². The van der Waals surface area contributed by atoms with Crippen LogP contribution in [0.1, 0.15) is 24.6 Å². The maximum Gasteiger partial charge on any atom is 0.108 e. The van der Waals surface area contributed by atoms with E-state index in [0.717, 1.165) is 12.8 Å². The van der Waals surface area contributed by atoms with Crippen molar-refractivity contribution in [3.63, 3.8) is 0 Å². The highest BCUT2D eigenvalue weighted by Gasteiger charge is 2.28. The van der Waals surface area contributed by atoms with Gasteiger partial charge in [-0.25, -0.2) is 4.68 Å². The third-order valence-electron chi connectivity index (χ3n) is 2.24. The van der Waals surface area contributed by atoms with E-state index in [1.54, 1.807) is 10.9 Å². The van der Waals surface area contributed by atoms with E-state index in [4.69, 9.17) is 10.8 Å². The molecule has 0 bridgehead atoms. The molecule has 1 aliphatic rings. The summed E-state index contributed by atoms with van der Waals surface area (Å²) in [7, 11) is 0. The Labute approximate surface area is 70.2 Å². The van der Waals surface area contributed by atoms with Crippen LogP contribution in [0.2, 0.25) is 0 Å². The van der Waals surface area contributed by atoms with Gasteiger partial charge in [0.05, 0.1) is 18.8 Å². The van der Waals surface area contributed by atoms with E-state index in [-0.39, 0.29) is 6.61 Å². The molecule has 1 aliphatic carbocycles. The number of aliphatic hydroxyl groups is 1. The minimum Gasteiger partial charge on any atom is -0.390 e. The van der Waals surface area contributed by atoms with E-state index >= 15 is 0 Å². The van der Waals surface area contributed by atoms with Gasteiger partial charge in [0.25, 0.3) is 0 Å². The number of nitrogens with two attached hydrogens (primary N) is 1. The first-order chi connectivity index (χ1) is 5.79. The summed E-state index contributed by atoms with van der Waals surface area (Å²) in [5.74, 6) is 0. The van der Waals surface area contributed by atoms with Gasteiger partial charge in [-0.3, -0.25) is 0 Å². The number of hydrogen-bond acceptors (Lipinski definition) is 4. The SMILES string of the molecule is NC1CC(n2cc(CO)nn2)C1. The number of nitrogens with zero attached hydrogens (tertiary/aromatic N) is 3. The van der Waals surface area contributed by atoms with Crippen LogP contribution in [0.3, 0.4) is 0 Å². The van der Waals surface area contributed by atoms with Gasteiger partial charge in [0.15, 0.2) is 0 Å². The molecule has 0 aromatic carbocycles. The lowest BCUT2D eigenvalue weighted by Crippen LogP contribution is -2.37. The average molecular weight is 168 g/mol. The minimum absolute atomic E-state index is 0.0429. The van der Waals surface area contributed by atoms with Crippen molar-refractivity contribution in [1.29, 1.82) is 0 Å². The second-order valence-corrected chi connectivity index (χ2v) is 3.23. The molecule has 0 unspecified atom stereocenters. The first-order valence-corrected chi connectivity index (χ1v) is 4.06. The molecule has 5 heteroatoms. The summed E-state index contributed by atoms with van der Waals surface area (Å²) in [6, 6.07) is 0.713. The van der Waals surface area contributed by atoms with Gasteiger partial charge in [0, 0.05) is 6.04 Å². The van der Waals surface area contributed by atoms with Crippen molar-refractivity contribution in [3.05, 3.63) is 11.9 Å². The Morgan fingerprint density at radius 2 is 2.42 bits per heavy atom. The van der Waals surface area contributed by atoms with Crippen LogP contribution in [0.25, 0.3) is 0 Å². The Morgan fingerprint density at radius 3 is 2.92 bits per heavy atom. The molecule has 1 heterocycles. The number of aliphatic hydroxyl groups excluding tert-OH is 1. The summed E-state index contributed by atoms with van der Waals surface area (Å²) >= 11 is 0. The van der Waals surface area contributed by atoms with Gasteiger partial charge >= 0.3 is 0 Å². The van der Waals surface area contributed by atoms with Gasteiger partial charge < -0.3 is 10.8 Å². The molecule has 3 N–H and O–H groups in total. The van der Waals surface area contributed by atoms with Gasteiger partial charge in [-0.2, -0.15) is 0 Å². The van der Waals surface area contributed by atoms with E-state index < -0.39 is 0 Å². The molecule has 0 spiro atoms. The van der Waals surface area contributed by atoms with E-state index in [1.807, 2.05) is 0 Å². The van der Waals surface area contributed by atoms with Crippen LogP contribution in [-0.2, 0) is 6.61 Å². The molecule has 1 aromatic rings. The maximum absolute atomic E-state index is 8.73. The molecule has 5 nitrogen and oxygen atoms in total. The molecule has 0 aliphatic heterocycles. The quantitative estimate of drug-likeness (QED) is 0.620. The van der Waals surface area contributed by atoms with Crippen molar-refractivity contribution in [2.45, 2.75) is 31.5 Å². The number of aromatic nitrogens is 3. The first kappa shape index (κ1) is 7.70. The zero-order valence-corrected chi connectivity index (χ0v) is 6.72. The Hall–Kier alpha value is -0.940. The first-order valence-electron chi connectivity index (χ1n) is 4.06. The topological polar surface area (TPSA) is 77.0 Å². The van der Waals surface area contributed by atoms with E-state index in [9.17, 15) is 0 Å². The monoisotopic (exact) mass is 168 g/mol. The molecule has 1 aromatic heterocycles. The molecule has 0 radical (unpaired) electrons. The van der Waals surface area contributed by atoms with Crippen LogP contribution in [0.4, 0.5) is 0 Å². The molecule has 0 amide bonds. The molecule has 1 saturated carbocycles. The van der Waals surface area contributed by atoms with Gasteiger partial charge in [-0.05, 0) is 12.8 Å². The third kappa shape index (κ3) is 1.21. The summed E-state index contributed by atoms with van der Waals surface area (Å²) in [6.07, 6.45) is 3.71. The van der Waals surface area contributed by atoms with E-state index in [1.165, 1.54) is 0 Å². The van der Waals surface area contributed by atoms with Crippen molar-refractivity contribution in [3.8, 4) is 0 Å². The van der Waals surface area contributed by atoms with Crippen molar-refractivity contribution in [2.75, 3.05) is 0 Å². The summed E-state index contributed by atoms with van der Waals surface area (Å²) in [6.45, 7) is -0.0429. The van der Waals surface area contributed by atoms with Gasteiger partial charge in [0.1, 0.15) is 5.69 Å². The zero-order chi connectivity index (χ0) is 8.55. The van der Waals surface area contributed by atoms with Crippen molar-refractivity contribution in [2.24, 2.45) is 5.73 Å². The highest BCUT2D eigenvalue weighted by molar-refractivity contribution is 4.94. The van der Waals surface area contributed by atoms with Gasteiger partial charge in [-0.15, -0.1) is 5.10 Å². The summed E-state index contributed by atoms with van der Waals surface area (Å²) in [5.41, 5.74) is 6.26. The van der Waals surface area contributed by atoms with Crippen LogP contribution in [0.5, 0.6) is 0 Å². The molecule has 2 rings (SSSR count). The predicted molar refractivity (Wildman–Crippen MR) is 42.2 cm³/mol. The molecule has 12 heavy (non-hydrogen) atoms. The van der Waals surface area contributed by atoms with Gasteiger partial charge in [-0.1, -0.05) is 5.21 Å². The standard InChI is InChI=1S/C7H12N4O/c8-5-1-7(2-5)11-3-6(4-12)9-10-11/h3,5,7,12H,1-2,4,8H2. The Bertz CT molecular complexity index is 266. The summed E-state index contributed by atoms with van der Waals surface area (Å²) in [4.78, 5) is 0. The highest BCUT2D eigenvalue weighted by atomic mass is 16.3. The van der Waals surface area contributed by atoms with Crippen LogP contribution in [-0.4, -0.2) is 26.1 Å². The lowest BCUT2D eigenvalue weighted by molar-refractivity contribution is 0.243. The van der Waals surface area contributed by atoms with E-state index in [2.05, 4.69) is 10.3 Å². The van der Waals surface area contributed by atoms with Crippen LogP contribution in [0, 0.1) is 0 Å². The minimum atomic E-state index is -0.0429. The fourth-order valence-electron chi connectivity index (χ4n) is 1.41. The lowest BCUT2D eigenvalue weighted by atomic mass is 9.88. The smallest absolute Gasteiger partial charge is 0.108 e. The molecule has 66 valence electrons. The third-order valence-corrected chi connectivity index (χ3v) is 2.24. The van der Waals surface area contributed by atoms with Crippen molar-refractivity contribution >= 4 is 0 Å². The number of hydrogen-bond donors (Lipinski definition) is 2. The summed E-state index contributed by atoms with van der Waals surface area (Å²) in [5, 5.41) is 16.4. The average Bonchev–Trinajstić information content (AvgIpc) is 2.46. The largest absolute Gasteiger partial charge is 0.390 e. The molecular formula is C7H12N4O.